The number of anilines is 2. The highest BCUT2D eigenvalue weighted by Gasteiger charge is 2.25. The zero-order valence-electron chi connectivity index (χ0n) is 17.2. The molecule has 2 aromatic carbocycles. The molecule has 162 valence electrons. The first-order valence-electron chi connectivity index (χ1n) is 9.77. The zero-order valence-corrected chi connectivity index (χ0v) is 18.8. The topological polar surface area (TPSA) is 101 Å². The molecule has 0 bridgehead atoms. The van der Waals surface area contributed by atoms with Gasteiger partial charge in [-0.1, -0.05) is 29.0 Å². The van der Waals surface area contributed by atoms with Crippen LogP contribution in [-0.2, 0) is 21.2 Å². The highest BCUT2D eigenvalue weighted by molar-refractivity contribution is 7.93. The monoisotopic (exact) mass is 458 g/mol. The number of carbonyl (C=O) groups is 1. The maximum absolute atomic E-state index is 12.8. The molecule has 0 fully saturated rings. The third-order valence-electron chi connectivity index (χ3n) is 4.91. The third kappa shape index (κ3) is 4.86. The van der Waals surface area contributed by atoms with Gasteiger partial charge in [-0.15, -0.1) is 10.2 Å². The molecule has 2 heterocycles. The molecule has 0 unspecified atom stereocenters. The van der Waals surface area contributed by atoms with Crippen molar-refractivity contribution < 1.29 is 17.9 Å². The van der Waals surface area contributed by atoms with E-state index >= 15 is 0 Å². The number of amides is 1. The van der Waals surface area contributed by atoms with Gasteiger partial charge in [-0.2, -0.15) is 0 Å². The van der Waals surface area contributed by atoms with Gasteiger partial charge < -0.3 is 9.64 Å². The Hall–Kier alpha value is -2.98. The van der Waals surface area contributed by atoms with Crippen LogP contribution in [0.4, 0.5) is 10.8 Å². The van der Waals surface area contributed by atoms with E-state index < -0.39 is 10.0 Å². The molecule has 0 radical (unpaired) electrons. The Labute approximate surface area is 184 Å². The molecular formula is C21H22N4O4S2. The van der Waals surface area contributed by atoms with Crippen molar-refractivity contribution in [1.82, 2.24) is 10.2 Å². The van der Waals surface area contributed by atoms with E-state index in [0.29, 0.717) is 23.7 Å². The van der Waals surface area contributed by atoms with E-state index in [9.17, 15) is 13.2 Å². The molecule has 1 aromatic heterocycles. The van der Waals surface area contributed by atoms with Crippen LogP contribution in [0, 0.1) is 13.8 Å². The lowest BCUT2D eigenvalue weighted by atomic mass is 10.0. The van der Waals surface area contributed by atoms with Crippen molar-refractivity contribution in [2.75, 3.05) is 22.8 Å². The number of aryl methyl sites for hydroxylation is 3. The predicted octanol–water partition coefficient (Wildman–Crippen LogP) is 3.31. The molecule has 1 aliphatic rings. The zero-order chi connectivity index (χ0) is 22.0. The van der Waals surface area contributed by atoms with Gasteiger partial charge in [0, 0.05) is 12.2 Å². The summed E-state index contributed by atoms with van der Waals surface area (Å²) in [6.07, 6.45) is 1.44. The van der Waals surface area contributed by atoms with Gasteiger partial charge in [0.1, 0.15) is 10.8 Å². The summed E-state index contributed by atoms with van der Waals surface area (Å²) in [5.74, 6) is 0.468. The van der Waals surface area contributed by atoms with Crippen LogP contribution in [0.1, 0.15) is 22.6 Å². The third-order valence-corrected chi connectivity index (χ3v) is 7.13. The number of nitrogens with one attached hydrogen (secondary N) is 1. The smallest absolute Gasteiger partial charge is 0.264 e. The van der Waals surface area contributed by atoms with E-state index in [1.807, 2.05) is 31.2 Å². The van der Waals surface area contributed by atoms with Crippen LogP contribution < -0.4 is 14.4 Å². The number of benzene rings is 2. The second-order valence-corrected chi connectivity index (χ2v) is 10.1. The molecule has 3 aromatic rings. The fourth-order valence-electron chi connectivity index (χ4n) is 3.37. The summed E-state index contributed by atoms with van der Waals surface area (Å²) in [6, 6.07) is 12.3. The molecule has 0 saturated carbocycles. The lowest BCUT2D eigenvalue weighted by Gasteiger charge is -2.29. The van der Waals surface area contributed by atoms with Crippen molar-refractivity contribution in [2.45, 2.75) is 31.6 Å². The molecule has 10 heteroatoms. The summed E-state index contributed by atoms with van der Waals surface area (Å²) in [7, 11) is -3.79. The van der Waals surface area contributed by atoms with E-state index in [2.05, 4.69) is 14.9 Å². The highest BCUT2D eigenvalue weighted by atomic mass is 32.2. The van der Waals surface area contributed by atoms with Crippen LogP contribution in [0.15, 0.2) is 47.4 Å². The van der Waals surface area contributed by atoms with Crippen LogP contribution in [0.3, 0.4) is 0 Å². The Morgan fingerprint density at radius 2 is 1.94 bits per heavy atom. The van der Waals surface area contributed by atoms with Crippen molar-refractivity contribution in [1.29, 1.82) is 0 Å². The largest absolute Gasteiger partial charge is 0.484 e. The standard InChI is InChI=1S/C21H22N4O4S2/c1-14-5-7-17(8-6-14)29-13-20(26)25-11-3-4-16-12-18(9-10-19(16)25)31(27,28)24-21-23-22-15(2)30-21/h5-10,12H,3-4,11,13H2,1-2H3,(H,23,24). The Balaban J connectivity index is 1.49. The molecule has 1 aliphatic heterocycles. The number of hydrogen-bond donors (Lipinski definition) is 1. The van der Waals surface area contributed by atoms with E-state index in [-0.39, 0.29) is 22.5 Å². The molecule has 0 atom stereocenters. The van der Waals surface area contributed by atoms with Crippen LogP contribution in [0.25, 0.3) is 0 Å². The van der Waals surface area contributed by atoms with Crippen LogP contribution in [-0.4, -0.2) is 37.7 Å². The van der Waals surface area contributed by atoms with Gasteiger partial charge in [0.05, 0.1) is 4.90 Å². The molecule has 0 saturated heterocycles. The molecule has 31 heavy (non-hydrogen) atoms. The van der Waals surface area contributed by atoms with Crippen molar-refractivity contribution in [2.24, 2.45) is 0 Å². The minimum atomic E-state index is -3.79. The van der Waals surface area contributed by atoms with Gasteiger partial charge in [-0.05, 0) is 62.6 Å². The van der Waals surface area contributed by atoms with Crippen molar-refractivity contribution >= 4 is 38.1 Å². The molecule has 8 nitrogen and oxygen atoms in total. The maximum Gasteiger partial charge on any atom is 0.264 e. The number of nitrogens with zero attached hydrogens (tertiary/aromatic N) is 3. The molecule has 4 rings (SSSR count). The Morgan fingerprint density at radius 1 is 1.16 bits per heavy atom. The minimum Gasteiger partial charge on any atom is -0.484 e. The number of sulfonamides is 1. The Bertz CT molecular complexity index is 1210. The number of hydrogen-bond acceptors (Lipinski definition) is 7. The van der Waals surface area contributed by atoms with Gasteiger partial charge in [-0.3, -0.25) is 9.52 Å². The highest BCUT2D eigenvalue weighted by Crippen LogP contribution is 2.30. The second kappa shape index (κ2) is 8.64. The summed E-state index contributed by atoms with van der Waals surface area (Å²) in [5, 5.41) is 8.53. The van der Waals surface area contributed by atoms with Crippen LogP contribution in [0.5, 0.6) is 5.75 Å². The van der Waals surface area contributed by atoms with Gasteiger partial charge >= 0.3 is 0 Å². The predicted molar refractivity (Wildman–Crippen MR) is 119 cm³/mol. The van der Waals surface area contributed by atoms with E-state index in [1.54, 1.807) is 24.0 Å². The average Bonchev–Trinajstić information content (AvgIpc) is 3.16. The SMILES string of the molecule is Cc1ccc(OCC(=O)N2CCCc3cc(S(=O)(=O)Nc4nnc(C)s4)ccc32)cc1. The number of carbonyl (C=O) groups excluding carboxylic acids is 1. The quantitative estimate of drug-likeness (QED) is 0.608. The first-order chi connectivity index (χ1) is 14.8. The minimum absolute atomic E-state index is 0.0828. The summed E-state index contributed by atoms with van der Waals surface area (Å²) in [4.78, 5) is 14.6. The lowest BCUT2D eigenvalue weighted by Crippen LogP contribution is -2.38. The molecule has 1 amide bonds. The van der Waals surface area contributed by atoms with E-state index in [1.165, 1.54) is 17.4 Å². The Kier molecular flexibility index (Phi) is 5.92. The fourth-order valence-corrected chi connectivity index (χ4v) is 5.24. The molecule has 0 spiro atoms. The van der Waals surface area contributed by atoms with E-state index in [0.717, 1.165) is 23.2 Å². The van der Waals surface area contributed by atoms with E-state index in [4.69, 9.17) is 4.74 Å². The first-order valence-corrected chi connectivity index (χ1v) is 12.1. The van der Waals surface area contributed by atoms with Crippen LogP contribution in [0.2, 0.25) is 0 Å². The summed E-state index contributed by atoms with van der Waals surface area (Å²) in [5.41, 5.74) is 2.64. The number of rotatable bonds is 6. The van der Waals surface area contributed by atoms with Gasteiger partial charge in [0.25, 0.3) is 15.9 Å². The second-order valence-electron chi connectivity index (χ2n) is 7.27. The lowest BCUT2D eigenvalue weighted by molar-refractivity contribution is -0.120. The van der Waals surface area contributed by atoms with Gasteiger partial charge in [0.15, 0.2) is 6.61 Å². The van der Waals surface area contributed by atoms with Crippen molar-refractivity contribution in [3.05, 3.63) is 58.6 Å². The number of fused-ring (bicyclic) bond motifs is 1. The van der Waals surface area contributed by atoms with Gasteiger partial charge in [0.2, 0.25) is 5.13 Å². The summed E-state index contributed by atoms with van der Waals surface area (Å²) in [6.45, 7) is 4.22. The number of aromatic nitrogens is 2. The summed E-state index contributed by atoms with van der Waals surface area (Å²) < 4.78 is 33.5. The summed E-state index contributed by atoms with van der Waals surface area (Å²) >= 11 is 1.17. The number of ether oxygens (including phenoxy) is 1. The molecule has 1 N–H and O–H groups in total. The molecular weight excluding hydrogens is 436 g/mol. The normalized spacial score (nSPS) is 13.5. The average molecular weight is 459 g/mol. The van der Waals surface area contributed by atoms with Crippen molar-refractivity contribution in [3.63, 3.8) is 0 Å². The fraction of sp³-hybridized carbons (Fsp3) is 0.286. The Morgan fingerprint density at radius 3 is 2.65 bits per heavy atom. The van der Waals surface area contributed by atoms with Crippen molar-refractivity contribution in [3.8, 4) is 5.75 Å². The van der Waals surface area contributed by atoms with Gasteiger partial charge in [-0.25, -0.2) is 8.42 Å². The molecule has 0 aliphatic carbocycles. The first kappa shape index (κ1) is 21.3. The maximum atomic E-state index is 12.8. The van der Waals surface area contributed by atoms with Crippen LogP contribution >= 0.6 is 11.3 Å².